The Morgan fingerprint density at radius 1 is 0.368 bits per heavy atom. The van der Waals surface area contributed by atoms with Gasteiger partial charge in [0.2, 0.25) is 0 Å². The molecule has 11 aromatic rings. The summed E-state index contributed by atoms with van der Waals surface area (Å²) in [5.74, 6) is 1.88. The predicted octanol–water partition coefficient (Wildman–Crippen LogP) is 14.0. The molecule has 0 fully saturated rings. The van der Waals surface area contributed by atoms with Crippen molar-refractivity contribution < 1.29 is 0 Å². The van der Waals surface area contributed by atoms with Crippen LogP contribution in [-0.4, -0.2) is 19.5 Å². The molecule has 0 bridgehead atoms. The lowest BCUT2D eigenvalue weighted by molar-refractivity contribution is 1.06. The van der Waals surface area contributed by atoms with E-state index in [1.807, 2.05) is 47.7 Å². The predicted molar refractivity (Wildman–Crippen MR) is 239 cm³/mol. The van der Waals surface area contributed by atoms with Crippen LogP contribution in [0.15, 0.2) is 188 Å². The molecule has 0 radical (unpaired) electrons. The SMILES string of the molecule is Cc1ccccc1-c1ccc2c(c1)c1ccccc1n2-c1ccc(-c2ccc3sc4ccccc4c3c2)cc1-c1nc(-c2ccccc2)nc(-c2ccccc2)n1. The van der Waals surface area contributed by atoms with Crippen LogP contribution in [0.3, 0.4) is 0 Å². The van der Waals surface area contributed by atoms with Crippen molar-refractivity contribution in [2.45, 2.75) is 6.92 Å². The molecule has 3 aromatic heterocycles. The van der Waals surface area contributed by atoms with Crippen LogP contribution < -0.4 is 0 Å². The fourth-order valence-electron chi connectivity index (χ4n) is 8.22. The third kappa shape index (κ3) is 5.71. The quantitative estimate of drug-likeness (QED) is 0.170. The van der Waals surface area contributed by atoms with E-state index in [0.29, 0.717) is 17.5 Å². The van der Waals surface area contributed by atoms with Crippen LogP contribution in [0.4, 0.5) is 0 Å². The average molecular weight is 747 g/mol. The molecule has 268 valence electrons. The first kappa shape index (κ1) is 33.2. The summed E-state index contributed by atoms with van der Waals surface area (Å²) >= 11 is 1.84. The number of benzene rings is 8. The van der Waals surface area contributed by atoms with Crippen LogP contribution in [-0.2, 0) is 0 Å². The van der Waals surface area contributed by atoms with Crippen molar-refractivity contribution in [1.82, 2.24) is 19.5 Å². The van der Waals surface area contributed by atoms with E-state index in [-0.39, 0.29) is 0 Å². The van der Waals surface area contributed by atoms with Crippen molar-refractivity contribution >= 4 is 53.3 Å². The van der Waals surface area contributed by atoms with E-state index in [4.69, 9.17) is 15.0 Å². The van der Waals surface area contributed by atoms with Gasteiger partial charge in [-0.2, -0.15) is 0 Å². The highest BCUT2D eigenvalue weighted by atomic mass is 32.1. The number of aryl methyl sites for hydroxylation is 1. The van der Waals surface area contributed by atoms with Gasteiger partial charge in [0, 0.05) is 47.6 Å². The second-order valence-electron chi connectivity index (χ2n) is 14.5. The normalized spacial score (nSPS) is 11.6. The van der Waals surface area contributed by atoms with E-state index in [9.17, 15) is 0 Å². The van der Waals surface area contributed by atoms with E-state index in [2.05, 4.69) is 163 Å². The van der Waals surface area contributed by atoms with E-state index >= 15 is 0 Å². The lowest BCUT2D eigenvalue weighted by atomic mass is 9.98. The maximum Gasteiger partial charge on any atom is 0.166 e. The van der Waals surface area contributed by atoms with Gasteiger partial charge < -0.3 is 4.57 Å². The molecule has 57 heavy (non-hydrogen) atoms. The number of hydrogen-bond donors (Lipinski definition) is 0. The molecule has 0 aliphatic rings. The molecule has 0 atom stereocenters. The molecule has 0 spiro atoms. The van der Waals surface area contributed by atoms with Gasteiger partial charge in [0.1, 0.15) is 0 Å². The molecule has 4 nitrogen and oxygen atoms in total. The second kappa shape index (κ2) is 13.5. The summed E-state index contributed by atoms with van der Waals surface area (Å²) in [6.45, 7) is 2.18. The first-order valence-electron chi connectivity index (χ1n) is 19.2. The van der Waals surface area contributed by atoms with Gasteiger partial charge in [0.25, 0.3) is 0 Å². The van der Waals surface area contributed by atoms with Crippen LogP contribution in [0.1, 0.15) is 5.56 Å². The van der Waals surface area contributed by atoms with Crippen LogP contribution in [0, 0.1) is 6.92 Å². The average Bonchev–Trinajstić information content (AvgIpc) is 3.82. The number of nitrogens with zero attached hydrogens (tertiary/aromatic N) is 4. The molecule has 0 aliphatic carbocycles. The van der Waals surface area contributed by atoms with Crippen LogP contribution >= 0.6 is 11.3 Å². The van der Waals surface area contributed by atoms with Gasteiger partial charge in [-0.05, 0) is 83.3 Å². The fraction of sp³-hybridized carbons (Fsp3) is 0.0192. The zero-order valence-electron chi connectivity index (χ0n) is 31.1. The van der Waals surface area contributed by atoms with Crippen LogP contribution in [0.5, 0.6) is 0 Å². The Bertz CT molecular complexity index is 3250. The number of aromatic nitrogens is 4. The Kier molecular flexibility index (Phi) is 7.86. The number of thiophene rings is 1. The van der Waals surface area contributed by atoms with Crippen LogP contribution in [0.25, 0.3) is 104 Å². The van der Waals surface area contributed by atoms with Gasteiger partial charge in [-0.15, -0.1) is 11.3 Å². The summed E-state index contributed by atoms with van der Waals surface area (Å²) in [7, 11) is 0. The molecule has 3 heterocycles. The highest BCUT2D eigenvalue weighted by Crippen LogP contribution is 2.41. The molecule has 8 aromatic carbocycles. The van der Waals surface area contributed by atoms with Gasteiger partial charge in [-0.3, -0.25) is 0 Å². The molecule has 0 aliphatic heterocycles. The molecule has 11 rings (SSSR count). The number of para-hydroxylation sites is 1. The molecule has 0 N–H and O–H groups in total. The largest absolute Gasteiger partial charge is 0.309 e. The van der Waals surface area contributed by atoms with Crippen molar-refractivity contribution in [3.05, 3.63) is 194 Å². The minimum absolute atomic E-state index is 0.615. The summed E-state index contributed by atoms with van der Waals surface area (Å²) in [5, 5.41) is 4.94. The maximum atomic E-state index is 5.28. The third-order valence-electron chi connectivity index (χ3n) is 11.0. The molecule has 0 saturated carbocycles. The Morgan fingerprint density at radius 2 is 0.930 bits per heavy atom. The summed E-state index contributed by atoms with van der Waals surface area (Å²) in [6.07, 6.45) is 0. The first-order valence-corrected chi connectivity index (χ1v) is 20.0. The molecule has 0 unspecified atom stereocenters. The second-order valence-corrected chi connectivity index (χ2v) is 15.6. The Morgan fingerprint density at radius 3 is 1.70 bits per heavy atom. The molecule has 5 heteroatoms. The molecular formula is C52H34N4S. The van der Waals surface area contributed by atoms with Gasteiger partial charge in [0.05, 0.1) is 16.7 Å². The fourth-order valence-corrected chi connectivity index (χ4v) is 9.31. The monoisotopic (exact) mass is 746 g/mol. The van der Waals surface area contributed by atoms with Gasteiger partial charge in [-0.1, -0.05) is 140 Å². The summed E-state index contributed by atoms with van der Waals surface area (Å²) in [4.78, 5) is 15.6. The highest BCUT2D eigenvalue weighted by molar-refractivity contribution is 7.25. The van der Waals surface area contributed by atoms with Gasteiger partial charge >= 0.3 is 0 Å². The standard InChI is InChI=1S/C52H34N4S/c1-33-14-8-9-19-39(33)38-25-28-46-42(32-38)40-20-10-12-22-45(40)56(46)47-27-24-36(37-26-29-49-43(30-37)41-21-11-13-23-48(41)57-49)31-44(47)52-54-50(34-15-4-2-5-16-34)53-51(55-52)35-17-6-3-7-18-35/h2-32H,1H3. The van der Waals surface area contributed by atoms with Gasteiger partial charge in [-0.25, -0.2) is 15.0 Å². The molecule has 0 amide bonds. The topological polar surface area (TPSA) is 43.6 Å². The van der Waals surface area contributed by atoms with Crippen molar-refractivity contribution in [3.63, 3.8) is 0 Å². The van der Waals surface area contributed by atoms with Crippen LogP contribution in [0.2, 0.25) is 0 Å². The van der Waals surface area contributed by atoms with E-state index in [1.165, 1.54) is 47.6 Å². The third-order valence-corrected chi connectivity index (χ3v) is 12.2. The Hall–Kier alpha value is -7.21. The van der Waals surface area contributed by atoms with E-state index < -0.39 is 0 Å². The summed E-state index contributed by atoms with van der Waals surface area (Å²) in [6, 6.07) is 66.8. The highest BCUT2D eigenvalue weighted by Gasteiger charge is 2.21. The first-order chi connectivity index (χ1) is 28.2. The number of fused-ring (bicyclic) bond motifs is 6. The van der Waals surface area contributed by atoms with E-state index in [0.717, 1.165) is 44.5 Å². The zero-order chi connectivity index (χ0) is 37.9. The lowest BCUT2D eigenvalue weighted by Gasteiger charge is -2.16. The van der Waals surface area contributed by atoms with Crippen molar-refractivity contribution in [2.75, 3.05) is 0 Å². The summed E-state index contributed by atoms with van der Waals surface area (Å²) in [5.41, 5.74) is 12.0. The molecular weight excluding hydrogens is 713 g/mol. The zero-order valence-corrected chi connectivity index (χ0v) is 31.9. The van der Waals surface area contributed by atoms with Crippen molar-refractivity contribution in [2.24, 2.45) is 0 Å². The number of rotatable bonds is 6. The Balaban J connectivity index is 1.19. The lowest BCUT2D eigenvalue weighted by Crippen LogP contribution is -2.04. The smallest absolute Gasteiger partial charge is 0.166 e. The summed E-state index contributed by atoms with van der Waals surface area (Å²) < 4.78 is 4.96. The molecule has 0 saturated heterocycles. The number of hydrogen-bond acceptors (Lipinski definition) is 4. The van der Waals surface area contributed by atoms with Crippen molar-refractivity contribution in [1.29, 1.82) is 0 Å². The van der Waals surface area contributed by atoms with Gasteiger partial charge in [0.15, 0.2) is 17.5 Å². The minimum atomic E-state index is 0.615. The van der Waals surface area contributed by atoms with E-state index in [1.54, 1.807) is 0 Å². The minimum Gasteiger partial charge on any atom is -0.309 e. The Labute approximate surface area is 334 Å². The maximum absolute atomic E-state index is 5.28. The van der Waals surface area contributed by atoms with Crippen molar-refractivity contribution in [3.8, 4) is 62.1 Å².